The minimum Gasteiger partial charge on any atom is -0.344 e. The van der Waals surface area contributed by atoms with Gasteiger partial charge in [-0.15, -0.1) is 0 Å². The second-order valence-electron chi connectivity index (χ2n) is 5.50. The van der Waals surface area contributed by atoms with E-state index in [1.807, 2.05) is 7.05 Å². The van der Waals surface area contributed by atoms with E-state index in [9.17, 15) is 4.79 Å². The van der Waals surface area contributed by atoms with Gasteiger partial charge in [-0.25, -0.2) is 0 Å². The first-order valence-corrected chi connectivity index (χ1v) is 6.81. The Morgan fingerprint density at radius 3 is 2.83 bits per heavy atom. The number of benzene rings is 1. The highest BCUT2D eigenvalue weighted by molar-refractivity contribution is 5.83. The molecule has 2 fully saturated rings. The first-order valence-electron chi connectivity index (χ1n) is 6.81. The Morgan fingerprint density at radius 1 is 1.33 bits per heavy atom. The molecule has 1 saturated heterocycles. The van der Waals surface area contributed by atoms with Crippen LogP contribution in [0.25, 0.3) is 0 Å². The molecule has 96 valence electrons. The van der Waals surface area contributed by atoms with Gasteiger partial charge in [0.2, 0.25) is 5.91 Å². The number of amides is 1. The summed E-state index contributed by atoms with van der Waals surface area (Å²) < 4.78 is 0. The van der Waals surface area contributed by atoms with Gasteiger partial charge in [-0.3, -0.25) is 4.79 Å². The molecule has 1 heterocycles. The van der Waals surface area contributed by atoms with E-state index in [1.54, 1.807) is 4.90 Å². The minimum absolute atomic E-state index is 0.0135. The number of nitrogens with zero attached hydrogens (tertiary/aromatic N) is 1. The van der Waals surface area contributed by atoms with E-state index < -0.39 is 0 Å². The van der Waals surface area contributed by atoms with Crippen molar-refractivity contribution in [3.05, 3.63) is 35.4 Å². The van der Waals surface area contributed by atoms with Crippen LogP contribution >= 0.6 is 0 Å². The van der Waals surface area contributed by atoms with Crippen LogP contribution in [0.1, 0.15) is 36.3 Å². The van der Waals surface area contributed by atoms with E-state index in [4.69, 9.17) is 0 Å². The summed E-state index contributed by atoms with van der Waals surface area (Å²) in [6.45, 7) is 1.67. The third-order valence-electron chi connectivity index (χ3n) is 3.98. The summed E-state index contributed by atoms with van der Waals surface area (Å²) in [6.07, 6.45) is 3.60. The maximum atomic E-state index is 11.8. The largest absolute Gasteiger partial charge is 0.344 e. The highest BCUT2D eigenvalue weighted by Gasteiger charge is 2.28. The number of likely N-dealkylation sites (tertiary alicyclic amines) is 1. The number of nitrogens with one attached hydrogen (secondary N) is 1. The number of hydrogen-bond donors (Lipinski definition) is 1. The van der Waals surface area contributed by atoms with Crippen molar-refractivity contribution in [2.45, 2.75) is 37.8 Å². The zero-order valence-corrected chi connectivity index (χ0v) is 10.9. The van der Waals surface area contributed by atoms with Crippen molar-refractivity contribution in [3.8, 4) is 0 Å². The summed E-state index contributed by atoms with van der Waals surface area (Å²) >= 11 is 0. The number of likely N-dealkylation sites (N-methyl/N-ethyl adjacent to an activating group) is 1. The van der Waals surface area contributed by atoms with E-state index in [0.29, 0.717) is 0 Å². The molecule has 1 aliphatic heterocycles. The molecule has 2 aliphatic rings. The van der Waals surface area contributed by atoms with Crippen LogP contribution in [-0.2, 0) is 11.3 Å². The van der Waals surface area contributed by atoms with Crippen molar-refractivity contribution in [3.63, 3.8) is 0 Å². The maximum Gasteiger partial charge on any atom is 0.239 e. The maximum absolute atomic E-state index is 11.8. The lowest BCUT2D eigenvalue weighted by Crippen LogP contribution is -2.36. The van der Waals surface area contributed by atoms with Crippen molar-refractivity contribution in [1.29, 1.82) is 0 Å². The van der Waals surface area contributed by atoms with Crippen LogP contribution < -0.4 is 5.32 Å². The number of rotatable bonds is 4. The summed E-state index contributed by atoms with van der Waals surface area (Å²) in [6, 6.07) is 8.79. The Morgan fingerprint density at radius 2 is 2.17 bits per heavy atom. The summed E-state index contributed by atoms with van der Waals surface area (Å²) in [7, 11) is 1.87. The van der Waals surface area contributed by atoms with Crippen LogP contribution in [0.3, 0.4) is 0 Å². The molecule has 3 heteroatoms. The van der Waals surface area contributed by atoms with Crippen LogP contribution in [0.15, 0.2) is 24.3 Å². The van der Waals surface area contributed by atoms with Crippen LogP contribution in [0, 0.1) is 0 Å². The number of carbonyl (C=O) groups excluding carboxylic acids is 1. The van der Waals surface area contributed by atoms with Crippen molar-refractivity contribution in [1.82, 2.24) is 10.2 Å². The van der Waals surface area contributed by atoms with E-state index in [-0.39, 0.29) is 11.9 Å². The third kappa shape index (κ3) is 2.41. The molecule has 1 atom stereocenters. The summed E-state index contributed by atoms with van der Waals surface area (Å²) in [5.41, 5.74) is 2.76. The zero-order chi connectivity index (χ0) is 12.5. The average molecular weight is 244 g/mol. The molecule has 1 aliphatic carbocycles. The molecule has 1 saturated carbocycles. The molecule has 1 amide bonds. The average Bonchev–Trinajstić information content (AvgIpc) is 3.18. The van der Waals surface area contributed by atoms with Gasteiger partial charge in [-0.1, -0.05) is 24.3 Å². The predicted octanol–water partition coefficient (Wildman–Crippen LogP) is 1.88. The van der Waals surface area contributed by atoms with Gasteiger partial charge in [-0.05, 0) is 36.3 Å². The second-order valence-corrected chi connectivity index (χ2v) is 5.50. The predicted molar refractivity (Wildman–Crippen MR) is 71.3 cm³/mol. The normalized spacial score (nSPS) is 23.7. The Hall–Kier alpha value is -1.35. The molecule has 0 spiro atoms. The van der Waals surface area contributed by atoms with Gasteiger partial charge in [0.1, 0.15) is 0 Å². The molecular weight excluding hydrogens is 224 g/mol. The summed E-state index contributed by atoms with van der Waals surface area (Å²) in [5, 5.41) is 3.37. The lowest BCUT2D eigenvalue weighted by atomic mass is 10.1. The second kappa shape index (κ2) is 4.73. The Kier molecular flexibility index (Phi) is 3.08. The summed E-state index contributed by atoms with van der Waals surface area (Å²) in [5.74, 6) is 1.03. The smallest absolute Gasteiger partial charge is 0.239 e. The molecule has 0 aromatic heterocycles. The Bertz CT molecular complexity index is 454. The lowest BCUT2D eigenvalue weighted by molar-refractivity contribution is -0.128. The van der Waals surface area contributed by atoms with Gasteiger partial charge in [0.15, 0.2) is 0 Å². The number of hydrogen-bond acceptors (Lipinski definition) is 2. The van der Waals surface area contributed by atoms with E-state index in [0.717, 1.165) is 25.4 Å². The lowest BCUT2D eigenvalue weighted by Gasteiger charge is -2.12. The molecule has 0 bridgehead atoms. The SMILES string of the molecule is CN1CCC(NCc2cccc(C3CC3)c2)C1=O. The molecule has 18 heavy (non-hydrogen) atoms. The van der Waals surface area contributed by atoms with Crippen LogP contribution in [-0.4, -0.2) is 30.4 Å². The van der Waals surface area contributed by atoms with Gasteiger partial charge < -0.3 is 10.2 Å². The highest BCUT2D eigenvalue weighted by Crippen LogP contribution is 2.40. The molecular formula is C15H20N2O. The Labute approximate surface area is 108 Å². The van der Waals surface area contributed by atoms with Crippen molar-refractivity contribution in [2.24, 2.45) is 0 Å². The fourth-order valence-electron chi connectivity index (χ4n) is 2.63. The van der Waals surface area contributed by atoms with Gasteiger partial charge in [0.25, 0.3) is 0 Å². The van der Waals surface area contributed by atoms with Crippen LogP contribution in [0.2, 0.25) is 0 Å². The fourth-order valence-corrected chi connectivity index (χ4v) is 2.63. The standard InChI is InChI=1S/C15H20N2O/c1-17-8-7-14(15(17)18)16-10-11-3-2-4-13(9-11)12-5-6-12/h2-4,9,12,14,16H,5-8,10H2,1H3. The Balaban J connectivity index is 1.59. The molecule has 3 nitrogen and oxygen atoms in total. The van der Waals surface area contributed by atoms with Gasteiger partial charge in [0.05, 0.1) is 6.04 Å². The zero-order valence-electron chi connectivity index (χ0n) is 10.9. The first-order chi connectivity index (χ1) is 8.74. The molecule has 1 aromatic rings. The van der Waals surface area contributed by atoms with Crippen molar-refractivity contribution in [2.75, 3.05) is 13.6 Å². The third-order valence-corrected chi connectivity index (χ3v) is 3.98. The summed E-state index contributed by atoms with van der Waals surface area (Å²) in [4.78, 5) is 13.6. The van der Waals surface area contributed by atoms with E-state index >= 15 is 0 Å². The van der Waals surface area contributed by atoms with Crippen molar-refractivity contribution < 1.29 is 4.79 Å². The molecule has 1 aromatic carbocycles. The highest BCUT2D eigenvalue weighted by atomic mass is 16.2. The number of carbonyl (C=O) groups is 1. The van der Waals surface area contributed by atoms with Gasteiger partial charge >= 0.3 is 0 Å². The monoisotopic (exact) mass is 244 g/mol. The fraction of sp³-hybridized carbons (Fsp3) is 0.533. The molecule has 0 radical (unpaired) electrons. The van der Waals surface area contributed by atoms with Gasteiger partial charge in [0, 0.05) is 20.1 Å². The van der Waals surface area contributed by atoms with E-state index in [2.05, 4.69) is 29.6 Å². The van der Waals surface area contributed by atoms with E-state index in [1.165, 1.54) is 24.0 Å². The molecule has 1 unspecified atom stereocenters. The molecule has 3 rings (SSSR count). The van der Waals surface area contributed by atoms with Gasteiger partial charge in [-0.2, -0.15) is 0 Å². The quantitative estimate of drug-likeness (QED) is 0.877. The van der Waals surface area contributed by atoms with Crippen molar-refractivity contribution >= 4 is 5.91 Å². The first kappa shape index (κ1) is 11.7. The topological polar surface area (TPSA) is 32.3 Å². The molecule has 1 N–H and O–H groups in total. The minimum atomic E-state index is 0.0135. The van der Waals surface area contributed by atoms with Crippen LogP contribution in [0.5, 0.6) is 0 Å². The van der Waals surface area contributed by atoms with Crippen LogP contribution in [0.4, 0.5) is 0 Å².